The summed E-state index contributed by atoms with van der Waals surface area (Å²) in [6, 6.07) is 24.9. The van der Waals surface area contributed by atoms with Gasteiger partial charge in [-0.3, -0.25) is 9.59 Å². The standard InChI is InChI=1S/C26H24ClNO3/c27-23-17-22(19-7-3-1-4-8-19)11-12-24(23)31-18-25(29)28-15-13-21(14-16-28)26(30)20-9-5-2-6-10-20/h1-12,17,21H,13-16,18H2. The molecule has 3 aromatic carbocycles. The van der Waals surface area contributed by atoms with Crippen molar-refractivity contribution in [2.75, 3.05) is 19.7 Å². The van der Waals surface area contributed by atoms with Crippen LogP contribution in [0.15, 0.2) is 78.9 Å². The minimum atomic E-state index is -0.0891. The van der Waals surface area contributed by atoms with Crippen LogP contribution in [0.2, 0.25) is 5.02 Å². The molecule has 0 bridgehead atoms. The highest BCUT2D eigenvalue weighted by molar-refractivity contribution is 6.32. The average molecular weight is 434 g/mol. The van der Waals surface area contributed by atoms with Crippen molar-refractivity contribution in [1.82, 2.24) is 4.90 Å². The maximum absolute atomic E-state index is 12.6. The third-order valence-corrected chi connectivity index (χ3v) is 5.96. The number of likely N-dealkylation sites (tertiary alicyclic amines) is 1. The number of benzene rings is 3. The molecule has 5 heteroatoms. The first kappa shape index (κ1) is 21.1. The molecule has 158 valence electrons. The minimum Gasteiger partial charge on any atom is -0.482 e. The minimum absolute atomic E-state index is 0.0349. The molecule has 1 saturated heterocycles. The predicted molar refractivity (Wildman–Crippen MR) is 122 cm³/mol. The van der Waals surface area contributed by atoms with Crippen LogP contribution in [0.3, 0.4) is 0 Å². The second-order valence-corrected chi connectivity index (χ2v) is 8.09. The van der Waals surface area contributed by atoms with Crippen LogP contribution in [0.4, 0.5) is 0 Å². The Balaban J connectivity index is 1.29. The SMILES string of the molecule is O=C(c1ccccc1)C1CCN(C(=O)COc2ccc(-c3ccccc3)cc2Cl)CC1. The van der Waals surface area contributed by atoms with Crippen LogP contribution < -0.4 is 4.74 Å². The molecule has 4 rings (SSSR count). The maximum Gasteiger partial charge on any atom is 0.260 e. The van der Waals surface area contributed by atoms with E-state index in [2.05, 4.69) is 0 Å². The van der Waals surface area contributed by atoms with Gasteiger partial charge in [0.25, 0.3) is 5.91 Å². The Kier molecular flexibility index (Phi) is 6.68. The molecule has 0 spiro atoms. The average Bonchev–Trinajstić information content (AvgIpc) is 2.84. The zero-order valence-electron chi connectivity index (χ0n) is 17.2. The number of rotatable bonds is 6. The third kappa shape index (κ3) is 5.15. The Morgan fingerprint density at radius 2 is 1.52 bits per heavy atom. The van der Waals surface area contributed by atoms with Crippen molar-refractivity contribution >= 4 is 23.3 Å². The van der Waals surface area contributed by atoms with Gasteiger partial charge in [0.15, 0.2) is 12.4 Å². The molecule has 1 aliphatic rings. The van der Waals surface area contributed by atoms with Gasteiger partial charge in [-0.1, -0.05) is 78.3 Å². The van der Waals surface area contributed by atoms with Gasteiger partial charge in [0.1, 0.15) is 5.75 Å². The van der Waals surface area contributed by atoms with Gasteiger partial charge in [-0.25, -0.2) is 0 Å². The first-order valence-corrected chi connectivity index (χ1v) is 10.8. The van der Waals surface area contributed by atoms with Crippen LogP contribution in [0.25, 0.3) is 11.1 Å². The number of nitrogens with zero attached hydrogens (tertiary/aromatic N) is 1. The lowest BCUT2D eigenvalue weighted by molar-refractivity contribution is -0.134. The van der Waals surface area contributed by atoms with E-state index in [1.165, 1.54) is 0 Å². The van der Waals surface area contributed by atoms with Crippen molar-refractivity contribution in [1.29, 1.82) is 0 Å². The Morgan fingerprint density at radius 1 is 0.871 bits per heavy atom. The number of carbonyl (C=O) groups excluding carboxylic acids is 2. The lowest BCUT2D eigenvalue weighted by atomic mass is 9.89. The number of piperidine rings is 1. The van der Waals surface area contributed by atoms with E-state index in [1.807, 2.05) is 72.8 Å². The van der Waals surface area contributed by atoms with Crippen LogP contribution in [0, 0.1) is 5.92 Å². The fourth-order valence-corrected chi connectivity index (χ4v) is 4.12. The van der Waals surface area contributed by atoms with E-state index in [0.717, 1.165) is 16.7 Å². The summed E-state index contributed by atoms with van der Waals surface area (Å²) in [6.45, 7) is 1.06. The van der Waals surface area contributed by atoms with E-state index in [4.69, 9.17) is 16.3 Å². The fourth-order valence-electron chi connectivity index (χ4n) is 3.89. The Bertz CT molecular complexity index is 1040. The maximum atomic E-state index is 12.6. The van der Waals surface area contributed by atoms with Crippen molar-refractivity contribution in [2.24, 2.45) is 5.92 Å². The number of hydrogen-bond acceptors (Lipinski definition) is 3. The zero-order valence-corrected chi connectivity index (χ0v) is 17.9. The van der Waals surface area contributed by atoms with Crippen molar-refractivity contribution in [3.63, 3.8) is 0 Å². The summed E-state index contributed by atoms with van der Waals surface area (Å²) in [5.74, 6) is 0.527. The molecule has 31 heavy (non-hydrogen) atoms. The molecule has 3 aromatic rings. The van der Waals surface area contributed by atoms with Gasteiger partial charge in [-0.2, -0.15) is 0 Å². The number of Topliss-reactive ketones (excluding diaryl/α,β-unsaturated/α-hetero) is 1. The Hall–Kier alpha value is -3.11. The number of ether oxygens (including phenoxy) is 1. The summed E-state index contributed by atoms with van der Waals surface area (Å²) >= 11 is 6.37. The molecule has 0 aromatic heterocycles. The fraction of sp³-hybridized carbons (Fsp3) is 0.231. The highest BCUT2D eigenvalue weighted by Gasteiger charge is 2.28. The van der Waals surface area contributed by atoms with Crippen LogP contribution in [-0.4, -0.2) is 36.3 Å². The van der Waals surface area contributed by atoms with E-state index in [9.17, 15) is 9.59 Å². The van der Waals surface area contributed by atoms with Crippen LogP contribution in [0.5, 0.6) is 5.75 Å². The van der Waals surface area contributed by atoms with Gasteiger partial charge in [0, 0.05) is 24.6 Å². The molecule has 0 radical (unpaired) electrons. The quantitative estimate of drug-likeness (QED) is 0.482. The van der Waals surface area contributed by atoms with Gasteiger partial charge in [-0.15, -0.1) is 0 Å². The zero-order chi connectivity index (χ0) is 21.6. The summed E-state index contributed by atoms with van der Waals surface area (Å²) in [6.07, 6.45) is 1.35. The van der Waals surface area contributed by atoms with Crippen molar-refractivity contribution in [3.8, 4) is 16.9 Å². The van der Waals surface area contributed by atoms with Crippen molar-refractivity contribution in [2.45, 2.75) is 12.8 Å². The smallest absolute Gasteiger partial charge is 0.260 e. The second-order valence-electron chi connectivity index (χ2n) is 7.69. The van der Waals surface area contributed by atoms with E-state index < -0.39 is 0 Å². The topological polar surface area (TPSA) is 46.6 Å². The number of ketones is 1. The molecule has 1 amide bonds. The van der Waals surface area contributed by atoms with Gasteiger partial charge in [0.2, 0.25) is 0 Å². The van der Waals surface area contributed by atoms with Crippen molar-refractivity contribution in [3.05, 3.63) is 89.4 Å². The number of hydrogen-bond donors (Lipinski definition) is 0. The number of carbonyl (C=O) groups is 2. The summed E-state index contributed by atoms with van der Waals surface area (Å²) in [5.41, 5.74) is 2.80. The molecule has 1 heterocycles. The van der Waals surface area contributed by atoms with Gasteiger partial charge >= 0.3 is 0 Å². The first-order chi connectivity index (χ1) is 15.1. The van der Waals surface area contributed by atoms with Gasteiger partial charge in [0.05, 0.1) is 5.02 Å². The summed E-state index contributed by atoms with van der Waals surface area (Å²) in [7, 11) is 0. The van der Waals surface area contributed by atoms with Crippen molar-refractivity contribution < 1.29 is 14.3 Å². The summed E-state index contributed by atoms with van der Waals surface area (Å²) in [4.78, 5) is 27.0. The molecule has 0 atom stereocenters. The molecule has 0 saturated carbocycles. The van der Waals surface area contributed by atoms with E-state index in [0.29, 0.717) is 36.7 Å². The number of halogens is 1. The molecular formula is C26H24ClNO3. The molecule has 1 fully saturated rings. The third-order valence-electron chi connectivity index (χ3n) is 5.67. The highest BCUT2D eigenvalue weighted by atomic mass is 35.5. The molecule has 0 N–H and O–H groups in total. The molecular weight excluding hydrogens is 410 g/mol. The van der Waals surface area contributed by atoms with Gasteiger partial charge in [-0.05, 0) is 36.1 Å². The largest absolute Gasteiger partial charge is 0.482 e. The molecule has 0 aliphatic carbocycles. The summed E-state index contributed by atoms with van der Waals surface area (Å²) < 4.78 is 5.70. The normalized spacial score (nSPS) is 14.3. The van der Waals surface area contributed by atoms with Crippen LogP contribution in [-0.2, 0) is 4.79 Å². The highest BCUT2D eigenvalue weighted by Crippen LogP contribution is 2.30. The second kappa shape index (κ2) is 9.80. The summed E-state index contributed by atoms with van der Waals surface area (Å²) in [5, 5.41) is 0.473. The Morgan fingerprint density at radius 3 is 2.16 bits per heavy atom. The molecule has 4 nitrogen and oxygen atoms in total. The predicted octanol–water partition coefficient (Wildman–Crippen LogP) is 5.51. The van der Waals surface area contributed by atoms with E-state index in [-0.39, 0.29) is 24.2 Å². The lowest BCUT2D eigenvalue weighted by Gasteiger charge is -2.31. The Labute approximate surface area is 187 Å². The van der Waals surface area contributed by atoms with E-state index in [1.54, 1.807) is 11.0 Å². The van der Waals surface area contributed by atoms with E-state index >= 15 is 0 Å². The molecule has 1 aliphatic heterocycles. The van der Waals surface area contributed by atoms with Crippen LogP contribution in [0.1, 0.15) is 23.2 Å². The van der Waals surface area contributed by atoms with Gasteiger partial charge < -0.3 is 9.64 Å². The monoisotopic (exact) mass is 433 g/mol. The lowest BCUT2D eigenvalue weighted by Crippen LogP contribution is -2.42. The molecule has 0 unspecified atom stereocenters. The number of amides is 1. The van der Waals surface area contributed by atoms with Crippen LogP contribution >= 0.6 is 11.6 Å². The first-order valence-electron chi connectivity index (χ1n) is 10.5.